The molecule has 2 rings (SSSR count). The van der Waals surface area contributed by atoms with Gasteiger partial charge in [0.05, 0.1) is 6.04 Å². The summed E-state index contributed by atoms with van der Waals surface area (Å²) in [5, 5.41) is 26.9. The van der Waals surface area contributed by atoms with Gasteiger partial charge in [-0.05, 0) is 80.6 Å². The number of carbonyl (C=O) groups is 4. The minimum Gasteiger partial charge on any atom is -0.508 e. The van der Waals surface area contributed by atoms with E-state index in [2.05, 4.69) is 41.2 Å². The van der Waals surface area contributed by atoms with Crippen molar-refractivity contribution in [1.29, 1.82) is 0 Å². The van der Waals surface area contributed by atoms with Crippen LogP contribution in [-0.4, -0.2) is 68.6 Å². The minimum absolute atomic E-state index is 0.0939. The van der Waals surface area contributed by atoms with Crippen LogP contribution in [0.2, 0.25) is 0 Å². The van der Waals surface area contributed by atoms with Gasteiger partial charge in [0, 0.05) is 16.9 Å². The SMILES string of the molecule is Cc1cc(O)cc(C)c1C[C@H](N)C(=O)N[C@H](CS)C(=O)N[C@@H](Cc1ccc(F)cc1)C(=O)N[C@@H](C(=O)O)C(C)(C)S. The zero-order valence-corrected chi connectivity index (χ0v) is 25.1. The molecule has 7 N–H and O–H groups in total. The number of rotatable bonds is 13. The van der Waals surface area contributed by atoms with Gasteiger partial charge in [0.1, 0.15) is 29.7 Å². The van der Waals surface area contributed by atoms with Crippen LogP contribution in [0.1, 0.15) is 36.1 Å². The third-order valence-corrected chi connectivity index (χ3v) is 7.11. The summed E-state index contributed by atoms with van der Waals surface area (Å²) in [6, 6.07) is 3.50. The summed E-state index contributed by atoms with van der Waals surface area (Å²) in [6.45, 7) is 6.60. The van der Waals surface area contributed by atoms with E-state index < -0.39 is 58.4 Å². The summed E-state index contributed by atoms with van der Waals surface area (Å²) in [5.74, 6) is -4.04. The summed E-state index contributed by atoms with van der Waals surface area (Å²) in [4.78, 5) is 51.1. The molecule has 0 aliphatic heterocycles. The summed E-state index contributed by atoms with van der Waals surface area (Å²) >= 11 is 8.44. The normalized spacial score (nSPS) is 14.3. The summed E-state index contributed by atoms with van der Waals surface area (Å²) in [5.41, 5.74) is 8.92. The molecule has 2 aromatic rings. The number of benzene rings is 2. The Balaban J connectivity index is 2.21. The fraction of sp³-hybridized carbons (Fsp3) is 0.429. The minimum atomic E-state index is -1.39. The molecule has 0 unspecified atom stereocenters. The lowest BCUT2D eigenvalue weighted by molar-refractivity contribution is -0.143. The largest absolute Gasteiger partial charge is 0.508 e. The van der Waals surface area contributed by atoms with Crippen molar-refractivity contribution in [2.45, 2.75) is 69.5 Å². The highest BCUT2D eigenvalue weighted by atomic mass is 32.1. The maximum atomic E-state index is 13.4. The van der Waals surface area contributed by atoms with Crippen LogP contribution in [0, 0.1) is 19.7 Å². The van der Waals surface area contributed by atoms with Gasteiger partial charge in [0.2, 0.25) is 17.7 Å². The monoisotopic (exact) mass is 608 g/mol. The molecule has 41 heavy (non-hydrogen) atoms. The lowest BCUT2D eigenvalue weighted by atomic mass is 9.96. The van der Waals surface area contributed by atoms with Crippen LogP contribution in [0.5, 0.6) is 5.75 Å². The van der Waals surface area contributed by atoms with E-state index in [1.807, 2.05) is 0 Å². The van der Waals surface area contributed by atoms with Crippen LogP contribution in [0.4, 0.5) is 4.39 Å². The number of hydrogen-bond acceptors (Lipinski definition) is 8. The number of carbonyl (C=O) groups excluding carboxylic acids is 3. The van der Waals surface area contributed by atoms with Crippen molar-refractivity contribution < 1.29 is 33.8 Å². The number of carboxylic acids is 1. The van der Waals surface area contributed by atoms with Crippen LogP contribution in [-0.2, 0) is 32.0 Å². The van der Waals surface area contributed by atoms with Gasteiger partial charge >= 0.3 is 5.97 Å². The van der Waals surface area contributed by atoms with Gasteiger partial charge in [-0.1, -0.05) is 12.1 Å². The van der Waals surface area contributed by atoms with Crippen LogP contribution in [0.3, 0.4) is 0 Å². The van der Waals surface area contributed by atoms with E-state index in [1.54, 1.807) is 26.0 Å². The number of aromatic hydroxyl groups is 1. The quantitative estimate of drug-likeness (QED) is 0.159. The smallest absolute Gasteiger partial charge is 0.327 e. The molecule has 4 atom stereocenters. The zero-order valence-electron chi connectivity index (χ0n) is 23.3. The lowest BCUT2D eigenvalue weighted by Crippen LogP contribution is -2.60. The summed E-state index contributed by atoms with van der Waals surface area (Å²) < 4.78 is 12.3. The fourth-order valence-electron chi connectivity index (χ4n) is 4.20. The number of nitrogens with one attached hydrogen (secondary N) is 3. The molecule has 3 amide bonds. The highest BCUT2D eigenvalue weighted by Crippen LogP contribution is 2.22. The van der Waals surface area contributed by atoms with Crippen molar-refractivity contribution in [2.24, 2.45) is 5.73 Å². The van der Waals surface area contributed by atoms with Gasteiger partial charge in [-0.2, -0.15) is 25.3 Å². The number of carboxylic acid groups (broad SMARTS) is 1. The highest BCUT2D eigenvalue weighted by Gasteiger charge is 2.36. The molecule has 0 radical (unpaired) electrons. The summed E-state index contributed by atoms with van der Waals surface area (Å²) in [7, 11) is 0. The van der Waals surface area contributed by atoms with Gasteiger partial charge in [-0.3, -0.25) is 14.4 Å². The van der Waals surface area contributed by atoms with Crippen molar-refractivity contribution in [2.75, 3.05) is 5.75 Å². The molecular formula is C28H37FN4O6S2. The first kappa shape index (κ1) is 33.9. The third kappa shape index (κ3) is 9.94. The summed E-state index contributed by atoms with van der Waals surface area (Å²) in [6.07, 6.45) is 0.0553. The maximum absolute atomic E-state index is 13.4. The number of aliphatic carboxylic acids is 1. The van der Waals surface area contributed by atoms with Crippen LogP contribution in [0.15, 0.2) is 36.4 Å². The Morgan fingerprint density at radius 2 is 1.44 bits per heavy atom. The fourth-order valence-corrected chi connectivity index (χ4v) is 4.63. The van der Waals surface area contributed by atoms with E-state index in [9.17, 15) is 33.8 Å². The molecule has 0 aromatic heterocycles. The number of phenolic OH excluding ortho intramolecular Hbond substituents is 1. The Morgan fingerprint density at radius 1 is 0.927 bits per heavy atom. The van der Waals surface area contributed by atoms with E-state index in [-0.39, 0.29) is 24.3 Å². The number of phenols is 1. The van der Waals surface area contributed by atoms with Crippen molar-refractivity contribution in [3.05, 3.63) is 64.5 Å². The predicted octanol–water partition coefficient (Wildman–Crippen LogP) is 1.44. The molecular weight excluding hydrogens is 571 g/mol. The lowest BCUT2D eigenvalue weighted by Gasteiger charge is -2.29. The van der Waals surface area contributed by atoms with Gasteiger partial charge in [0.15, 0.2) is 0 Å². The van der Waals surface area contributed by atoms with Crippen LogP contribution < -0.4 is 21.7 Å². The van der Waals surface area contributed by atoms with Gasteiger partial charge in [-0.25, -0.2) is 9.18 Å². The maximum Gasteiger partial charge on any atom is 0.327 e. The van der Waals surface area contributed by atoms with Gasteiger partial charge in [0.25, 0.3) is 0 Å². The second kappa shape index (κ2) is 14.6. The van der Waals surface area contributed by atoms with Crippen LogP contribution in [0.25, 0.3) is 0 Å². The van der Waals surface area contributed by atoms with Crippen molar-refractivity contribution in [3.8, 4) is 5.75 Å². The molecule has 0 saturated heterocycles. The van der Waals surface area contributed by atoms with Gasteiger partial charge in [-0.15, -0.1) is 0 Å². The number of hydrogen-bond donors (Lipinski definition) is 8. The van der Waals surface area contributed by atoms with Crippen molar-refractivity contribution in [3.63, 3.8) is 0 Å². The highest BCUT2D eigenvalue weighted by molar-refractivity contribution is 7.81. The zero-order chi connectivity index (χ0) is 31.1. The molecule has 0 aliphatic rings. The molecule has 10 nitrogen and oxygen atoms in total. The molecule has 224 valence electrons. The topological polar surface area (TPSA) is 171 Å². The molecule has 0 bridgehead atoms. The first-order chi connectivity index (χ1) is 19.0. The Bertz CT molecular complexity index is 1250. The third-order valence-electron chi connectivity index (χ3n) is 6.48. The molecule has 13 heteroatoms. The molecule has 0 spiro atoms. The number of thiol groups is 2. The predicted molar refractivity (Wildman–Crippen MR) is 160 cm³/mol. The molecule has 0 aliphatic carbocycles. The molecule has 0 saturated carbocycles. The van der Waals surface area contributed by atoms with E-state index in [0.29, 0.717) is 5.56 Å². The second-order valence-electron chi connectivity index (χ2n) is 10.4. The van der Waals surface area contributed by atoms with E-state index in [0.717, 1.165) is 16.7 Å². The number of aryl methyl sites for hydroxylation is 2. The van der Waals surface area contributed by atoms with Crippen molar-refractivity contribution in [1.82, 2.24) is 16.0 Å². The number of amides is 3. The van der Waals surface area contributed by atoms with Crippen LogP contribution >= 0.6 is 25.3 Å². The van der Waals surface area contributed by atoms with E-state index in [1.165, 1.54) is 38.1 Å². The average Bonchev–Trinajstić information content (AvgIpc) is 2.87. The van der Waals surface area contributed by atoms with Crippen molar-refractivity contribution >= 4 is 48.9 Å². The standard InChI is InChI=1S/C28H37FN4O6S2/c1-14-9-18(34)10-15(2)19(14)12-20(30)24(35)32-22(13-40)26(37)31-21(11-16-5-7-17(29)8-6-16)25(36)33-23(27(38)39)28(3,4)41/h5-10,20-23,34,40-41H,11-13,30H2,1-4H3,(H,31,37)(H,32,35)(H,33,36)(H,38,39)/t20-,21-,22+,23-/m0/s1. The Labute approximate surface area is 249 Å². The second-order valence-corrected chi connectivity index (χ2v) is 12.0. The average molecular weight is 609 g/mol. The van der Waals surface area contributed by atoms with Gasteiger partial charge < -0.3 is 31.9 Å². The Kier molecular flexibility index (Phi) is 12.0. The van der Waals surface area contributed by atoms with E-state index in [4.69, 9.17) is 5.73 Å². The molecule has 0 fully saturated rings. The Morgan fingerprint density at radius 3 is 1.93 bits per heavy atom. The molecule has 2 aromatic carbocycles. The molecule has 0 heterocycles. The Hall–Kier alpha value is -3.29. The number of nitrogens with two attached hydrogens (primary N) is 1. The van der Waals surface area contributed by atoms with E-state index >= 15 is 0 Å². The first-order valence-corrected chi connectivity index (χ1v) is 13.9. The first-order valence-electron chi connectivity index (χ1n) is 12.8. The number of halogens is 1.